The molecule has 0 saturated heterocycles. The Labute approximate surface area is 165 Å². The van der Waals surface area contributed by atoms with Crippen molar-refractivity contribution in [3.63, 3.8) is 0 Å². The van der Waals surface area contributed by atoms with Gasteiger partial charge in [0, 0.05) is 5.69 Å². The molecule has 2 N–H and O–H groups in total. The summed E-state index contributed by atoms with van der Waals surface area (Å²) in [4.78, 5) is 4.47. The Hall–Kier alpha value is -3.35. The van der Waals surface area contributed by atoms with Crippen molar-refractivity contribution in [3.05, 3.63) is 59.3 Å². The number of nitrogens with zero attached hydrogens (tertiary/aromatic N) is 3. The van der Waals surface area contributed by atoms with Gasteiger partial charge < -0.3 is 20.1 Å². The summed E-state index contributed by atoms with van der Waals surface area (Å²) in [7, 11) is 1.64. The van der Waals surface area contributed by atoms with E-state index in [2.05, 4.69) is 58.7 Å². The summed E-state index contributed by atoms with van der Waals surface area (Å²) in [6.07, 6.45) is 1.59. The lowest BCUT2D eigenvalue weighted by atomic mass is 10.1. The molecule has 0 atom stereocenters. The highest BCUT2D eigenvalue weighted by atomic mass is 16.5. The number of benzene rings is 2. The van der Waals surface area contributed by atoms with E-state index in [4.69, 9.17) is 9.47 Å². The normalized spacial score (nSPS) is 10.4. The number of hydrogen-bond acceptors (Lipinski definition) is 7. The summed E-state index contributed by atoms with van der Waals surface area (Å²) < 4.78 is 10.8. The fourth-order valence-electron chi connectivity index (χ4n) is 2.95. The van der Waals surface area contributed by atoms with Crippen LogP contribution in [0, 0.1) is 20.8 Å². The van der Waals surface area contributed by atoms with Gasteiger partial charge in [0.1, 0.15) is 18.1 Å². The molecular weight excluding hydrogens is 354 g/mol. The van der Waals surface area contributed by atoms with Gasteiger partial charge in [-0.05, 0) is 56.2 Å². The van der Waals surface area contributed by atoms with Gasteiger partial charge in [0.05, 0.1) is 19.9 Å². The monoisotopic (exact) mass is 379 g/mol. The molecule has 146 valence electrons. The van der Waals surface area contributed by atoms with Crippen LogP contribution in [0.2, 0.25) is 0 Å². The number of anilines is 3. The van der Waals surface area contributed by atoms with Gasteiger partial charge in [0.15, 0.2) is 5.82 Å². The summed E-state index contributed by atoms with van der Waals surface area (Å²) in [6.45, 7) is 7.30. The van der Waals surface area contributed by atoms with E-state index >= 15 is 0 Å². The summed E-state index contributed by atoms with van der Waals surface area (Å²) >= 11 is 0. The largest absolute Gasteiger partial charge is 0.497 e. The fraction of sp³-hybridized carbons (Fsp3) is 0.286. The second kappa shape index (κ2) is 9.03. The Morgan fingerprint density at radius 2 is 1.64 bits per heavy atom. The number of ether oxygens (including phenoxy) is 2. The molecule has 0 aliphatic rings. The van der Waals surface area contributed by atoms with Gasteiger partial charge in [-0.25, -0.2) is 0 Å². The van der Waals surface area contributed by atoms with Crippen LogP contribution in [0.5, 0.6) is 11.5 Å². The van der Waals surface area contributed by atoms with Crippen LogP contribution in [-0.2, 0) is 0 Å². The quantitative estimate of drug-likeness (QED) is 0.572. The minimum Gasteiger partial charge on any atom is -0.497 e. The highest BCUT2D eigenvalue weighted by molar-refractivity contribution is 5.64. The molecule has 0 saturated carbocycles. The van der Waals surface area contributed by atoms with E-state index in [-0.39, 0.29) is 0 Å². The standard InChI is InChI=1S/C21H25N5O2/c1-14-11-15(2)20(16(3)12-14)25-21-24-19(13-23-26-21)22-9-10-28-18-7-5-17(27-4)6-8-18/h5-8,11-13H,9-10H2,1-4H3,(H2,22,24,25,26). The fourth-order valence-corrected chi connectivity index (χ4v) is 2.95. The summed E-state index contributed by atoms with van der Waals surface area (Å²) in [5.74, 6) is 2.68. The zero-order valence-corrected chi connectivity index (χ0v) is 16.6. The van der Waals surface area contributed by atoms with Crippen LogP contribution in [0.15, 0.2) is 42.6 Å². The maximum Gasteiger partial charge on any atom is 0.249 e. The topological polar surface area (TPSA) is 81.2 Å². The molecule has 3 rings (SSSR count). The third kappa shape index (κ3) is 5.09. The molecule has 1 aromatic heterocycles. The first-order valence-electron chi connectivity index (χ1n) is 9.10. The number of rotatable bonds is 8. The molecule has 7 heteroatoms. The minimum atomic E-state index is 0.455. The molecule has 0 amide bonds. The van der Waals surface area contributed by atoms with Gasteiger partial charge in [-0.2, -0.15) is 10.1 Å². The average molecular weight is 379 g/mol. The molecule has 0 bridgehead atoms. The van der Waals surface area contributed by atoms with E-state index < -0.39 is 0 Å². The molecule has 0 radical (unpaired) electrons. The van der Waals surface area contributed by atoms with E-state index in [0.29, 0.717) is 24.9 Å². The van der Waals surface area contributed by atoms with Crippen molar-refractivity contribution in [2.24, 2.45) is 0 Å². The van der Waals surface area contributed by atoms with Crippen LogP contribution >= 0.6 is 0 Å². The second-order valence-corrected chi connectivity index (χ2v) is 6.51. The van der Waals surface area contributed by atoms with Crippen LogP contribution in [0.4, 0.5) is 17.5 Å². The molecule has 0 fully saturated rings. The Balaban J connectivity index is 1.55. The van der Waals surface area contributed by atoms with Crippen molar-refractivity contribution in [2.75, 3.05) is 30.9 Å². The number of aromatic nitrogens is 3. The average Bonchev–Trinajstić information content (AvgIpc) is 2.69. The van der Waals surface area contributed by atoms with E-state index in [1.165, 1.54) is 5.56 Å². The maximum absolute atomic E-state index is 5.70. The molecule has 0 unspecified atom stereocenters. The lowest BCUT2D eigenvalue weighted by Crippen LogP contribution is -2.13. The number of nitrogens with one attached hydrogen (secondary N) is 2. The van der Waals surface area contributed by atoms with Crippen molar-refractivity contribution >= 4 is 17.5 Å². The lowest BCUT2D eigenvalue weighted by Gasteiger charge is -2.13. The van der Waals surface area contributed by atoms with Crippen LogP contribution in [-0.4, -0.2) is 35.4 Å². The van der Waals surface area contributed by atoms with Gasteiger partial charge in [-0.3, -0.25) is 0 Å². The number of hydrogen-bond donors (Lipinski definition) is 2. The van der Waals surface area contributed by atoms with Crippen LogP contribution in [0.3, 0.4) is 0 Å². The third-order valence-electron chi connectivity index (χ3n) is 4.21. The molecule has 7 nitrogen and oxygen atoms in total. The molecule has 0 aliphatic heterocycles. The Morgan fingerprint density at radius 3 is 2.32 bits per heavy atom. The minimum absolute atomic E-state index is 0.455. The Kier molecular flexibility index (Phi) is 6.26. The third-order valence-corrected chi connectivity index (χ3v) is 4.21. The van der Waals surface area contributed by atoms with Crippen molar-refractivity contribution in [1.82, 2.24) is 15.2 Å². The smallest absolute Gasteiger partial charge is 0.249 e. The van der Waals surface area contributed by atoms with Crippen molar-refractivity contribution in [2.45, 2.75) is 20.8 Å². The molecule has 3 aromatic rings. The maximum atomic E-state index is 5.70. The van der Waals surface area contributed by atoms with Crippen molar-refractivity contribution in [1.29, 1.82) is 0 Å². The first kappa shape index (κ1) is 19.4. The van der Waals surface area contributed by atoms with Gasteiger partial charge in [0.2, 0.25) is 5.95 Å². The van der Waals surface area contributed by atoms with Crippen molar-refractivity contribution < 1.29 is 9.47 Å². The van der Waals surface area contributed by atoms with Gasteiger partial charge >= 0.3 is 0 Å². The van der Waals surface area contributed by atoms with Gasteiger partial charge in [-0.1, -0.05) is 17.7 Å². The van der Waals surface area contributed by atoms with E-state index in [1.54, 1.807) is 13.3 Å². The summed E-state index contributed by atoms with van der Waals surface area (Å²) in [6, 6.07) is 11.7. The van der Waals surface area contributed by atoms with E-state index in [1.807, 2.05) is 24.3 Å². The zero-order chi connectivity index (χ0) is 19.9. The first-order chi connectivity index (χ1) is 13.5. The van der Waals surface area contributed by atoms with Crippen LogP contribution < -0.4 is 20.1 Å². The van der Waals surface area contributed by atoms with Crippen molar-refractivity contribution in [3.8, 4) is 11.5 Å². The van der Waals surface area contributed by atoms with E-state index in [0.717, 1.165) is 28.3 Å². The number of aryl methyl sites for hydroxylation is 3. The van der Waals surface area contributed by atoms with Gasteiger partial charge in [-0.15, -0.1) is 5.10 Å². The number of methoxy groups -OCH3 is 1. The van der Waals surface area contributed by atoms with E-state index in [9.17, 15) is 0 Å². The van der Waals surface area contributed by atoms with Crippen LogP contribution in [0.1, 0.15) is 16.7 Å². The molecule has 1 heterocycles. The van der Waals surface area contributed by atoms with Gasteiger partial charge in [0.25, 0.3) is 0 Å². The highest BCUT2D eigenvalue weighted by Gasteiger charge is 2.07. The molecule has 0 aliphatic carbocycles. The SMILES string of the molecule is COc1ccc(OCCNc2cnnc(Nc3c(C)cc(C)cc3C)n2)cc1. The Bertz CT molecular complexity index is 905. The second-order valence-electron chi connectivity index (χ2n) is 6.51. The summed E-state index contributed by atoms with van der Waals surface area (Å²) in [5.41, 5.74) is 4.53. The predicted molar refractivity (Wildman–Crippen MR) is 111 cm³/mol. The molecular formula is C21H25N5O2. The zero-order valence-electron chi connectivity index (χ0n) is 16.6. The lowest BCUT2D eigenvalue weighted by molar-refractivity contribution is 0.331. The van der Waals surface area contributed by atoms with Crippen LogP contribution in [0.25, 0.3) is 0 Å². The Morgan fingerprint density at radius 1 is 0.964 bits per heavy atom. The molecule has 28 heavy (non-hydrogen) atoms. The first-order valence-corrected chi connectivity index (χ1v) is 9.10. The summed E-state index contributed by atoms with van der Waals surface area (Å²) in [5, 5.41) is 14.6. The molecule has 2 aromatic carbocycles. The highest BCUT2D eigenvalue weighted by Crippen LogP contribution is 2.24. The molecule has 0 spiro atoms. The predicted octanol–water partition coefficient (Wildman–Crippen LogP) is 4.04.